The Hall–Kier alpha value is -3.78. The van der Waals surface area contributed by atoms with E-state index >= 15 is 0 Å². The van der Waals surface area contributed by atoms with Crippen LogP contribution in [0.25, 0.3) is 5.69 Å². The maximum atomic E-state index is 14.5. The topological polar surface area (TPSA) is 118 Å². The lowest BCUT2D eigenvalue weighted by molar-refractivity contribution is 0.0283. The van der Waals surface area contributed by atoms with Gasteiger partial charge in [-0.05, 0) is 45.0 Å². The van der Waals surface area contributed by atoms with E-state index in [2.05, 4.69) is 10.1 Å². The molecule has 0 bridgehead atoms. The predicted molar refractivity (Wildman–Crippen MR) is 116 cm³/mol. The van der Waals surface area contributed by atoms with Gasteiger partial charge in [0.15, 0.2) is 5.03 Å². The molecule has 0 fully saturated rings. The molecule has 11 heteroatoms. The minimum atomic E-state index is -4.20. The van der Waals surface area contributed by atoms with Crippen LogP contribution in [0.3, 0.4) is 0 Å². The molecule has 0 atom stereocenters. The Morgan fingerprint density at radius 3 is 2.52 bits per heavy atom. The average molecular weight is 472 g/mol. The van der Waals surface area contributed by atoms with Crippen molar-refractivity contribution < 1.29 is 22.3 Å². The van der Waals surface area contributed by atoms with Crippen molar-refractivity contribution in [2.24, 2.45) is 0 Å². The van der Waals surface area contributed by atoms with Crippen LogP contribution >= 0.6 is 0 Å². The molecular formula is C22H22FN5O4S. The van der Waals surface area contributed by atoms with Crippen LogP contribution in [0.4, 0.5) is 9.18 Å². The van der Waals surface area contributed by atoms with Crippen LogP contribution in [-0.2, 0) is 21.1 Å². The Labute approximate surface area is 191 Å². The number of nitriles is 1. The molecule has 0 saturated carbocycles. The van der Waals surface area contributed by atoms with E-state index in [4.69, 9.17) is 10.00 Å². The maximum absolute atomic E-state index is 14.5. The van der Waals surface area contributed by atoms with Gasteiger partial charge in [0, 0.05) is 19.3 Å². The number of pyridine rings is 1. The number of benzene rings is 1. The summed E-state index contributed by atoms with van der Waals surface area (Å²) in [6, 6.07) is 11.2. The number of carbonyl (C=O) groups excluding carboxylic acids is 1. The molecule has 2 aromatic heterocycles. The smallest absolute Gasteiger partial charge is 0.410 e. The van der Waals surface area contributed by atoms with Crippen LogP contribution in [0.5, 0.6) is 0 Å². The second-order valence-electron chi connectivity index (χ2n) is 8.17. The number of nitrogens with zero attached hydrogens (tertiary/aromatic N) is 5. The highest BCUT2D eigenvalue weighted by Crippen LogP contribution is 2.26. The fourth-order valence-corrected chi connectivity index (χ4v) is 4.19. The highest BCUT2D eigenvalue weighted by molar-refractivity contribution is 7.91. The number of amides is 1. The summed E-state index contributed by atoms with van der Waals surface area (Å²) in [6.45, 7) is 5.09. The average Bonchev–Trinajstić information content (AvgIpc) is 3.17. The Kier molecular flexibility index (Phi) is 6.51. The van der Waals surface area contributed by atoms with E-state index in [0.717, 1.165) is 10.9 Å². The third-order valence-electron chi connectivity index (χ3n) is 4.35. The van der Waals surface area contributed by atoms with Crippen molar-refractivity contribution >= 4 is 15.9 Å². The monoisotopic (exact) mass is 471 g/mol. The number of rotatable bonds is 5. The third kappa shape index (κ3) is 5.35. The predicted octanol–water partition coefficient (Wildman–Crippen LogP) is 3.48. The number of para-hydroxylation sites is 1. The lowest BCUT2D eigenvalue weighted by atomic mass is 10.2. The molecule has 0 aliphatic carbocycles. The first kappa shape index (κ1) is 23.9. The zero-order chi connectivity index (χ0) is 24.4. The summed E-state index contributed by atoms with van der Waals surface area (Å²) in [5.74, 6) is -0.679. The number of halogens is 1. The molecular weight excluding hydrogens is 449 g/mol. The van der Waals surface area contributed by atoms with E-state index in [0.29, 0.717) is 0 Å². The molecule has 3 aromatic rings. The van der Waals surface area contributed by atoms with Crippen molar-refractivity contribution in [1.82, 2.24) is 19.7 Å². The van der Waals surface area contributed by atoms with Gasteiger partial charge in [-0.25, -0.2) is 27.3 Å². The SMILES string of the molecule is CN(Cc1cc(S(=O)(=O)c2ccc(C#N)nc2)n(-c2ccccc2F)n1)C(=O)OC(C)(C)C. The second-order valence-corrected chi connectivity index (χ2v) is 10.1. The Balaban J connectivity index is 2.07. The normalized spacial score (nSPS) is 11.6. The van der Waals surface area contributed by atoms with E-state index in [1.165, 1.54) is 48.3 Å². The Morgan fingerprint density at radius 1 is 1.24 bits per heavy atom. The minimum absolute atomic E-state index is 0.0521. The van der Waals surface area contributed by atoms with Crippen molar-refractivity contribution in [3.8, 4) is 11.8 Å². The van der Waals surface area contributed by atoms with Crippen LogP contribution < -0.4 is 0 Å². The summed E-state index contributed by atoms with van der Waals surface area (Å²) in [5.41, 5.74) is -0.540. The van der Waals surface area contributed by atoms with Crippen LogP contribution in [0.2, 0.25) is 0 Å². The summed E-state index contributed by atoms with van der Waals surface area (Å²) in [6.07, 6.45) is 0.433. The van der Waals surface area contributed by atoms with Gasteiger partial charge < -0.3 is 9.64 Å². The summed E-state index contributed by atoms with van der Waals surface area (Å²) in [4.78, 5) is 17.2. The molecule has 172 valence electrons. The van der Waals surface area contributed by atoms with Crippen LogP contribution in [0, 0.1) is 17.1 Å². The van der Waals surface area contributed by atoms with E-state index < -0.39 is 27.3 Å². The number of hydrogen-bond acceptors (Lipinski definition) is 7. The van der Waals surface area contributed by atoms with Crippen LogP contribution in [0.1, 0.15) is 32.2 Å². The minimum Gasteiger partial charge on any atom is -0.444 e. The van der Waals surface area contributed by atoms with Gasteiger partial charge in [-0.1, -0.05) is 12.1 Å². The molecule has 9 nitrogen and oxygen atoms in total. The first-order valence-electron chi connectivity index (χ1n) is 9.81. The molecule has 0 unspecified atom stereocenters. The molecule has 0 saturated heterocycles. The van der Waals surface area contributed by atoms with Gasteiger partial charge in [0.1, 0.15) is 28.9 Å². The summed E-state index contributed by atoms with van der Waals surface area (Å²) in [5, 5.41) is 12.9. The van der Waals surface area contributed by atoms with Crippen LogP contribution in [0.15, 0.2) is 58.6 Å². The first-order chi connectivity index (χ1) is 15.4. The molecule has 0 spiro atoms. The summed E-state index contributed by atoms with van der Waals surface area (Å²) < 4.78 is 47.5. The van der Waals surface area contributed by atoms with Gasteiger partial charge in [-0.15, -0.1) is 0 Å². The molecule has 0 N–H and O–H groups in total. The highest BCUT2D eigenvalue weighted by atomic mass is 32.2. The second kappa shape index (κ2) is 8.99. The van der Waals surface area contributed by atoms with Crippen molar-refractivity contribution in [1.29, 1.82) is 5.26 Å². The van der Waals surface area contributed by atoms with Gasteiger partial charge in [0.05, 0.1) is 17.1 Å². The van der Waals surface area contributed by atoms with Crippen LogP contribution in [-0.4, -0.2) is 46.8 Å². The van der Waals surface area contributed by atoms with Crippen molar-refractivity contribution in [2.75, 3.05) is 7.05 Å². The zero-order valence-corrected chi connectivity index (χ0v) is 19.3. The number of ether oxygens (including phenoxy) is 1. The largest absolute Gasteiger partial charge is 0.444 e. The van der Waals surface area contributed by atoms with E-state index in [-0.39, 0.29) is 33.5 Å². The molecule has 0 aliphatic heterocycles. The van der Waals surface area contributed by atoms with Crippen molar-refractivity contribution in [3.63, 3.8) is 0 Å². The molecule has 33 heavy (non-hydrogen) atoms. The summed E-state index contributed by atoms with van der Waals surface area (Å²) in [7, 11) is -2.72. The van der Waals surface area contributed by atoms with Gasteiger partial charge in [0.25, 0.3) is 0 Å². The van der Waals surface area contributed by atoms with Crippen molar-refractivity contribution in [2.45, 2.75) is 42.8 Å². The summed E-state index contributed by atoms with van der Waals surface area (Å²) >= 11 is 0. The first-order valence-corrected chi connectivity index (χ1v) is 11.3. The standard InChI is InChI=1S/C22H22FN5O4S/c1-22(2,3)32-21(29)27(4)14-16-11-20(28(26-16)19-8-6-5-7-18(19)23)33(30,31)17-10-9-15(12-24)25-13-17/h5-11,13H,14H2,1-4H3. The molecule has 0 radical (unpaired) electrons. The molecule has 1 aromatic carbocycles. The number of hydrogen-bond donors (Lipinski definition) is 0. The fourth-order valence-electron chi connectivity index (χ4n) is 2.85. The van der Waals surface area contributed by atoms with E-state index in [1.54, 1.807) is 26.8 Å². The fraction of sp³-hybridized carbons (Fsp3) is 0.273. The van der Waals surface area contributed by atoms with Gasteiger partial charge in [-0.2, -0.15) is 10.4 Å². The maximum Gasteiger partial charge on any atom is 0.410 e. The van der Waals surface area contributed by atoms with Gasteiger partial charge in [0.2, 0.25) is 9.84 Å². The third-order valence-corrected chi connectivity index (χ3v) is 6.05. The Bertz CT molecular complexity index is 1320. The zero-order valence-electron chi connectivity index (χ0n) is 18.5. The Morgan fingerprint density at radius 2 is 1.94 bits per heavy atom. The quantitative estimate of drug-likeness (QED) is 0.559. The number of aromatic nitrogens is 3. The van der Waals surface area contributed by atoms with Gasteiger partial charge >= 0.3 is 6.09 Å². The molecule has 3 rings (SSSR count). The van der Waals surface area contributed by atoms with Gasteiger partial charge in [-0.3, -0.25) is 0 Å². The number of carbonyl (C=O) groups is 1. The van der Waals surface area contributed by atoms with Crippen molar-refractivity contribution in [3.05, 3.63) is 65.9 Å². The lowest BCUT2D eigenvalue weighted by Crippen LogP contribution is -2.33. The van der Waals surface area contributed by atoms with E-state index in [1.807, 2.05) is 6.07 Å². The number of sulfone groups is 1. The highest BCUT2D eigenvalue weighted by Gasteiger charge is 2.28. The lowest BCUT2D eigenvalue weighted by Gasteiger charge is -2.24. The molecule has 0 aliphatic rings. The molecule has 2 heterocycles. The molecule has 1 amide bonds. The van der Waals surface area contributed by atoms with E-state index in [9.17, 15) is 17.6 Å².